The smallest absolute Gasteiger partial charge is 0.247 e. The maximum Gasteiger partial charge on any atom is 0.247 e. The molecule has 0 atom stereocenters. The van der Waals surface area contributed by atoms with Gasteiger partial charge in [0, 0.05) is 24.9 Å². The van der Waals surface area contributed by atoms with Crippen LogP contribution in [0.2, 0.25) is 0 Å². The van der Waals surface area contributed by atoms with Gasteiger partial charge in [0.15, 0.2) is 4.67 Å². The number of thioether (sulfide) groups is 1. The summed E-state index contributed by atoms with van der Waals surface area (Å²) in [5.74, 6) is 2.47. The number of rotatable bonds is 4. The Hall–Kier alpha value is -0.0200. The van der Waals surface area contributed by atoms with Crippen molar-refractivity contribution in [2.75, 3.05) is 31.6 Å². The first-order valence-corrected chi connectivity index (χ1v) is 9.45. The van der Waals surface area contributed by atoms with E-state index >= 15 is 0 Å². The summed E-state index contributed by atoms with van der Waals surface area (Å²) in [5.41, 5.74) is 0. The Bertz CT molecular complexity index is 522. The van der Waals surface area contributed by atoms with Crippen molar-refractivity contribution in [1.82, 2.24) is 9.62 Å². The quantitative estimate of drug-likeness (QED) is 0.878. The summed E-state index contributed by atoms with van der Waals surface area (Å²) >= 11 is 5.00. The molecule has 0 unspecified atom stereocenters. The largest absolute Gasteiger partial charge is 0.452 e. The molecule has 0 amide bonds. The number of nitrogens with one attached hydrogen (secondary N) is 1. The first-order valence-electron chi connectivity index (χ1n) is 6.06. The number of hydrogen-bond acceptors (Lipinski definition) is 5. The topological polar surface area (TPSA) is 62.6 Å². The van der Waals surface area contributed by atoms with E-state index in [-0.39, 0.29) is 9.56 Å². The lowest BCUT2D eigenvalue weighted by Gasteiger charge is -2.18. The lowest BCUT2D eigenvalue weighted by Crippen LogP contribution is -2.32. The lowest BCUT2D eigenvalue weighted by molar-refractivity contribution is 0.430. The number of halogens is 1. The zero-order chi connectivity index (χ0) is 13.9. The minimum atomic E-state index is -3.46. The third-order valence-electron chi connectivity index (χ3n) is 2.86. The van der Waals surface area contributed by atoms with Crippen LogP contribution in [0.3, 0.4) is 0 Å². The molecular weight excluding hydrogens is 352 g/mol. The molecule has 1 saturated heterocycles. The fourth-order valence-electron chi connectivity index (χ4n) is 1.94. The van der Waals surface area contributed by atoms with Gasteiger partial charge in [0.05, 0.1) is 6.54 Å². The van der Waals surface area contributed by atoms with Gasteiger partial charge in [-0.2, -0.15) is 16.1 Å². The molecule has 0 radical (unpaired) electrons. The van der Waals surface area contributed by atoms with Gasteiger partial charge < -0.3 is 9.73 Å². The molecule has 1 fully saturated rings. The highest BCUT2D eigenvalue weighted by Crippen LogP contribution is 2.29. The third-order valence-corrected chi connectivity index (χ3v) is 6.66. The van der Waals surface area contributed by atoms with Crippen molar-refractivity contribution in [3.05, 3.63) is 16.5 Å². The highest BCUT2D eigenvalue weighted by molar-refractivity contribution is 9.10. The number of sulfonamides is 1. The zero-order valence-electron chi connectivity index (χ0n) is 10.7. The van der Waals surface area contributed by atoms with Gasteiger partial charge in [-0.3, -0.25) is 0 Å². The molecule has 108 valence electrons. The molecule has 1 aliphatic rings. The van der Waals surface area contributed by atoms with Crippen LogP contribution in [-0.2, 0) is 16.6 Å². The van der Waals surface area contributed by atoms with E-state index in [9.17, 15) is 8.42 Å². The fourth-order valence-corrected chi connectivity index (χ4v) is 5.38. The summed E-state index contributed by atoms with van der Waals surface area (Å²) in [5, 5.41) is 2.94. The van der Waals surface area contributed by atoms with Crippen molar-refractivity contribution in [2.24, 2.45) is 0 Å². The van der Waals surface area contributed by atoms with Gasteiger partial charge in [-0.15, -0.1) is 0 Å². The Morgan fingerprint density at radius 2 is 2.26 bits per heavy atom. The summed E-state index contributed by atoms with van der Waals surface area (Å²) in [6, 6.07) is 1.59. The molecule has 0 spiro atoms. The molecule has 19 heavy (non-hydrogen) atoms. The van der Waals surface area contributed by atoms with Crippen molar-refractivity contribution in [2.45, 2.75) is 17.9 Å². The second-order valence-electron chi connectivity index (χ2n) is 4.25. The van der Waals surface area contributed by atoms with Gasteiger partial charge in [0.2, 0.25) is 10.0 Å². The maximum absolute atomic E-state index is 12.6. The Kier molecular flexibility index (Phi) is 5.36. The van der Waals surface area contributed by atoms with Crippen LogP contribution in [0.15, 0.2) is 20.0 Å². The predicted octanol–water partition coefficient (Wildman–Crippen LogP) is 1.89. The van der Waals surface area contributed by atoms with E-state index in [1.165, 1.54) is 0 Å². The average molecular weight is 369 g/mol. The van der Waals surface area contributed by atoms with Crippen LogP contribution in [0, 0.1) is 0 Å². The van der Waals surface area contributed by atoms with Crippen LogP contribution in [0.4, 0.5) is 0 Å². The summed E-state index contributed by atoms with van der Waals surface area (Å²) < 4.78 is 32.4. The molecular formula is C11H17BrN2O3S2. The van der Waals surface area contributed by atoms with Gasteiger partial charge in [0.25, 0.3) is 0 Å². The van der Waals surface area contributed by atoms with Crippen molar-refractivity contribution >= 4 is 37.7 Å². The van der Waals surface area contributed by atoms with Crippen LogP contribution in [0.25, 0.3) is 0 Å². The molecule has 0 saturated carbocycles. The van der Waals surface area contributed by atoms with Crippen molar-refractivity contribution in [3.8, 4) is 0 Å². The molecule has 5 nitrogen and oxygen atoms in total. The Morgan fingerprint density at radius 1 is 1.47 bits per heavy atom. The van der Waals surface area contributed by atoms with E-state index in [1.807, 2.05) is 0 Å². The summed E-state index contributed by atoms with van der Waals surface area (Å²) in [7, 11) is -1.67. The molecule has 1 aromatic heterocycles. The van der Waals surface area contributed by atoms with Crippen molar-refractivity contribution in [1.29, 1.82) is 0 Å². The van der Waals surface area contributed by atoms with E-state index < -0.39 is 10.0 Å². The van der Waals surface area contributed by atoms with Gasteiger partial charge in [-0.1, -0.05) is 0 Å². The predicted molar refractivity (Wildman–Crippen MR) is 79.9 cm³/mol. The monoisotopic (exact) mass is 368 g/mol. The maximum atomic E-state index is 12.6. The van der Waals surface area contributed by atoms with Crippen LogP contribution in [-0.4, -0.2) is 44.4 Å². The SMILES string of the molecule is CNCc1cc(S(=O)(=O)N2CCCSCC2)c(Br)o1. The summed E-state index contributed by atoms with van der Waals surface area (Å²) in [6.45, 7) is 1.64. The zero-order valence-corrected chi connectivity index (χ0v) is 13.9. The molecule has 0 aromatic carbocycles. The van der Waals surface area contributed by atoms with E-state index in [0.29, 0.717) is 25.4 Å². The second kappa shape index (κ2) is 6.62. The Balaban J connectivity index is 2.27. The third kappa shape index (κ3) is 3.55. The standard InChI is InChI=1S/C11H17BrN2O3S2/c1-13-8-9-7-10(11(12)17-9)19(15,16)14-3-2-5-18-6-4-14/h7,13H,2-6,8H2,1H3. The van der Waals surface area contributed by atoms with E-state index in [0.717, 1.165) is 17.9 Å². The molecule has 0 bridgehead atoms. The van der Waals surface area contributed by atoms with E-state index in [2.05, 4.69) is 21.2 Å². The second-order valence-corrected chi connectivity index (χ2v) is 8.10. The Labute approximate surface area is 126 Å². The lowest BCUT2D eigenvalue weighted by atomic mass is 10.4. The normalized spacial score (nSPS) is 18.4. The van der Waals surface area contributed by atoms with Crippen LogP contribution in [0.5, 0.6) is 0 Å². The van der Waals surface area contributed by atoms with Gasteiger partial charge >= 0.3 is 0 Å². The van der Waals surface area contributed by atoms with Crippen LogP contribution in [0.1, 0.15) is 12.2 Å². The van der Waals surface area contributed by atoms with Crippen LogP contribution >= 0.6 is 27.7 Å². The minimum absolute atomic E-state index is 0.227. The molecule has 1 aromatic rings. The molecule has 1 aliphatic heterocycles. The minimum Gasteiger partial charge on any atom is -0.452 e. The Morgan fingerprint density at radius 3 is 3.00 bits per heavy atom. The highest BCUT2D eigenvalue weighted by atomic mass is 79.9. The van der Waals surface area contributed by atoms with Gasteiger partial charge in [-0.05, 0) is 35.2 Å². The van der Waals surface area contributed by atoms with E-state index in [4.69, 9.17) is 4.42 Å². The summed E-state index contributed by atoms with van der Waals surface area (Å²) in [6.07, 6.45) is 0.892. The van der Waals surface area contributed by atoms with E-state index in [1.54, 1.807) is 29.2 Å². The first kappa shape index (κ1) is 15.4. The van der Waals surface area contributed by atoms with Crippen LogP contribution < -0.4 is 5.32 Å². The van der Waals surface area contributed by atoms with Crippen molar-refractivity contribution < 1.29 is 12.8 Å². The highest BCUT2D eigenvalue weighted by Gasteiger charge is 2.29. The number of nitrogens with zero attached hydrogens (tertiary/aromatic N) is 1. The summed E-state index contributed by atoms with van der Waals surface area (Å²) in [4.78, 5) is 0.227. The van der Waals surface area contributed by atoms with Crippen molar-refractivity contribution in [3.63, 3.8) is 0 Å². The van der Waals surface area contributed by atoms with Gasteiger partial charge in [0.1, 0.15) is 10.7 Å². The molecule has 2 heterocycles. The number of hydrogen-bond donors (Lipinski definition) is 1. The molecule has 1 N–H and O–H groups in total. The molecule has 0 aliphatic carbocycles. The molecule has 2 rings (SSSR count). The average Bonchev–Trinajstić information content (AvgIpc) is 2.60. The fraction of sp³-hybridized carbons (Fsp3) is 0.636. The molecule has 8 heteroatoms. The van der Waals surface area contributed by atoms with Gasteiger partial charge in [-0.25, -0.2) is 8.42 Å². The first-order chi connectivity index (χ1) is 9.05. The number of furan rings is 1.